The number of ether oxygens (including phenoxy) is 2. The molecule has 0 saturated heterocycles. The Morgan fingerprint density at radius 3 is 3.09 bits per heavy atom. The number of carbonyl (C=O) groups excluding carboxylic acids is 1. The van der Waals surface area contributed by atoms with Gasteiger partial charge in [-0.2, -0.15) is 0 Å². The Hall–Kier alpha value is -2.63. The highest BCUT2D eigenvalue weighted by Gasteiger charge is 2.24. The molecular weight excluding hydrogens is 294 g/mol. The minimum atomic E-state index is -0.123. The van der Waals surface area contributed by atoms with Crippen LogP contribution in [-0.2, 0) is 6.42 Å². The molecule has 0 saturated carbocycles. The molecule has 0 spiro atoms. The molecule has 1 atom stereocenters. The van der Waals surface area contributed by atoms with E-state index in [9.17, 15) is 4.79 Å². The minimum Gasteiger partial charge on any atom is -0.454 e. The fraction of sp³-hybridized carbons (Fsp3) is 0.353. The first-order valence-corrected chi connectivity index (χ1v) is 7.73. The summed E-state index contributed by atoms with van der Waals surface area (Å²) >= 11 is 0. The summed E-state index contributed by atoms with van der Waals surface area (Å²) in [6, 6.07) is 5.18. The number of benzene rings is 1. The van der Waals surface area contributed by atoms with E-state index in [0.29, 0.717) is 17.1 Å². The predicted octanol–water partition coefficient (Wildman–Crippen LogP) is 2.32. The highest BCUT2D eigenvalue weighted by Crippen LogP contribution is 2.33. The maximum atomic E-state index is 12.5. The van der Waals surface area contributed by atoms with Gasteiger partial charge in [0.2, 0.25) is 6.79 Å². The van der Waals surface area contributed by atoms with Crippen LogP contribution in [0.5, 0.6) is 11.5 Å². The summed E-state index contributed by atoms with van der Waals surface area (Å²) < 4.78 is 10.6. The van der Waals surface area contributed by atoms with Crippen LogP contribution in [0, 0.1) is 6.92 Å². The largest absolute Gasteiger partial charge is 0.454 e. The summed E-state index contributed by atoms with van der Waals surface area (Å²) in [6.45, 7) is 2.09. The Balaban J connectivity index is 1.56. The fourth-order valence-corrected chi connectivity index (χ4v) is 3.08. The first-order chi connectivity index (χ1) is 11.2. The molecule has 2 aromatic rings. The third-order valence-corrected chi connectivity index (χ3v) is 4.24. The van der Waals surface area contributed by atoms with Crippen molar-refractivity contribution in [3.8, 4) is 11.5 Å². The average Bonchev–Trinajstić information content (AvgIpc) is 3.02. The van der Waals surface area contributed by atoms with Crippen LogP contribution < -0.4 is 14.8 Å². The number of hydrogen-bond acceptors (Lipinski definition) is 5. The molecule has 6 heteroatoms. The van der Waals surface area contributed by atoms with Gasteiger partial charge in [0.1, 0.15) is 5.82 Å². The van der Waals surface area contributed by atoms with E-state index in [2.05, 4.69) is 15.3 Å². The van der Waals surface area contributed by atoms with Crippen LogP contribution in [0.2, 0.25) is 0 Å². The lowest BCUT2D eigenvalue weighted by atomic mass is 9.92. The van der Waals surface area contributed by atoms with Gasteiger partial charge in [0.25, 0.3) is 5.91 Å². The summed E-state index contributed by atoms with van der Waals surface area (Å²) in [6.07, 6.45) is 4.68. The summed E-state index contributed by atoms with van der Waals surface area (Å²) in [5.41, 5.74) is 2.63. The molecule has 1 aromatic heterocycles. The topological polar surface area (TPSA) is 73.3 Å². The van der Waals surface area contributed by atoms with Gasteiger partial charge < -0.3 is 14.8 Å². The van der Waals surface area contributed by atoms with Gasteiger partial charge in [0.15, 0.2) is 11.5 Å². The van der Waals surface area contributed by atoms with Crippen LogP contribution in [0.4, 0.5) is 0 Å². The van der Waals surface area contributed by atoms with E-state index in [1.807, 2.05) is 13.1 Å². The molecule has 1 N–H and O–H groups in total. The number of aromatic nitrogens is 2. The molecule has 1 aromatic carbocycles. The van der Waals surface area contributed by atoms with Gasteiger partial charge in [-0.3, -0.25) is 4.79 Å². The van der Waals surface area contributed by atoms with Gasteiger partial charge in [-0.25, -0.2) is 9.97 Å². The fourth-order valence-electron chi connectivity index (χ4n) is 3.08. The van der Waals surface area contributed by atoms with Crippen molar-refractivity contribution in [2.45, 2.75) is 32.2 Å². The number of rotatable bonds is 2. The molecule has 23 heavy (non-hydrogen) atoms. The third kappa shape index (κ3) is 2.60. The molecule has 4 rings (SSSR count). The van der Waals surface area contributed by atoms with Crippen LogP contribution in [0.15, 0.2) is 24.4 Å². The minimum absolute atomic E-state index is 0.0442. The van der Waals surface area contributed by atoms with Gasteiger partial charge in [-0.05, 0) is 44.4 Å². The molecule has 0 radical (unpaired) electrons. The Kier molecular flexibility index (Phi) is 3.37. The maximum absolute atomic E-state index is 12.5. The van der Waals surface area contributed by atoms with E-state index in [4.69, 9.17) is 9.47 Å². The molecule has 2 heterocycles. The van der Waals surface area contributed by atoms with E-state index in [0.717, 1.165) is 36.3 Å². The highest BCUT2D eigenvalue weighted by molar-refractivity contribution is 5.95. The number of carbonyl (C=O) groups is 1. The zero-order valence-electron chi connectivity index (χ0n) is 12.8. The summed E-state index contributed by atoms with van der Waals surface area (Å²) in [5, 5.41) is 3.09. The van der Waals surface area contributed by atoms with Crippen molar-refractivity contribution in [3.63, 3.8) is 0 Å². The van der Waals surface area contributed by atoms with Crippen LogP contribution in [0.1, 0.15) is 46.3 Å². The lowest BCUT2D eigenvalue weighted by Crippen LogP contribution is -2.31. The van der Waals surface area contributed by atoms with Gasteiger partial charge in [-0.15, -0.1) is 0 Å². The van der Waals surface area contributed by atoms with Crippen molar-refractivity contribution in [2.75, 3.05) is 6.79 Å². The lowest BCUT2D eigenvalue weighted by Gasteiger charge is -2.25. The zero-order chi connectivity index (χ0) is 15.8. The van der Waals surface area contributed by atoms with Crippen molar-refractivity contribution in [2.24, 2.45) is 0 Å². The first-order valence-electron chi connectivity index (χ1n) is 7.73. The van der Waals surface area contributed by atoms with E-state index in [-0.39, 0.29) is 18.7 Å². The van der Waals surface area contributed by atoms with Gasteiger partial charge in [0, 0.05) is 23.0 Å². The van der Waals surface area contributed by atoms with E-state index >= 15 is 0 Å². The average molecular weight is 311 g/mol. The second kappa shape index (κ2) is 5.53. The second-order valence-corrected chi connectivity index (χ2v) is 5.81. The molecule has 118 valence electrons. The van der Waals surface area contributed by atoms with E-state index in [1.165, 1.54) is 0 Å². The number of nitrogens with zero attached hydrogens (tertiary/aromatic N) is 2. The standard InChI is InChI=1S/C17H17N3O3/c1-10-18-8-12-13(19-10)3-2-4-14(12)20-17(21)11-5-6-15-16(7-11)23-9-22-15/h5-8,14H,2-4,9H2,1H3,(H,20,21)/t14-/m1/s1. The van der Waals surface area contributed by atoms with E-state index in [1.54, 1.807) is 18.2 Å². The molecule has 6 nitrogen and oxygen atoms in total. The quantitative estimate of drug-likeness (QED) is 0.921. The van der Waals surface area contributed by atoms with Crippen molar-refractivity contribution in [1.29, 1.82) is 0 Å². The monoisotopic (exact) mass is 311 g/mol. The van der Waals surface area contributed by atoms with Crippen LogP contribution in [0.3, 0.4) is 0 Å². The van der Waals surface area contributed by atoms with Crippen LogP contribution in [0.25, 0.3) is 0 Å². The number of hydrogen-bond donors (Lipinski definition) is 1. The van der Waals surface area contributed by atoms with Gasteiger partial charge in [-0.1, -0.05) is 0 Å². The molecule has 1 aliphatic heterocycles. The van der Waals surface area contributed by atoms with Crippen LogP contribution in [-0.4, -0.2) is 22.7 Å². The Morgan fingerprint density at radius 1 is 1.30 bits per heavy atom. The second-order valence-electron chi connectivity index (χ2n) is 5.81. The van der Waals surface area contributed by atoms with Crippen molar-refractivity contribution in [3.05, 3.63) is 47.0 Å². The van der Waals surface area contributed by atoms with Crippen LogP contribution >= 0.6 is 0 Å². The summed E-state index contributed by atoms with van der Waals surface area (Å²) in [5.74, 6) is 1.93. The van der Waals surface area contributed by atoms with E-state index < -0.39 is 0 Å². The van der Waals surface area contributed by atoms with Gasteiger partial charge >= 0.3 is 0 Å². The molecule has 0 fully saturated rings. The zero-order valence-corrected chi connectivity index (χ0v) is 12.8. The predicted molar refractivity (Wildman–Crippen MR) is 82.5 cm³/mol. The first kappa shape index (κ1) is 14.0. The SMILES string of the molecule is Cc1ncc2c(n1)CCC[C@H]2NC(=O)c1ccc2c(c1)OCO2. The Labute approximate surface area is 133 Å². The normalized spacial score (nSPS) is 18.4. The maximum Gasteiger partial charge on any atom is 0.251 e. The van der Waals surface area contributed by atoms with Crippen molar-refractivity contribution >= 4 is 5.91 Å². The number of nitrogens with one attached hydrogen (secondary N) is 1. The smallest absolute Gasteiger partial charge is 0.251 e. The molecule has 2 aliphatic rings. The Morgan fingerprint density at radius 2 is 2.17 bits per heavy atom. The number of amides is 1. The Bertz CT molecular complexity index is 776. The van der Waals surface area contributed by atoms with Crippen molar-refractivity contribution < 1.29 is 14.3 Å². The summed E-state index contributed by atoms with van der Waals surface area (Å²) in [7, 11) is 0. The molecule has 0 unspecified atom stereocenters. The molecule has 1 amide bonds. The third-order valence-electron chi connectivity index (χ3n) is 4.24. The number of fused-ring (bicyclic) bond motifs is 2. The summed E-state index contributed by atoms with van der Waals surface area (Å²) in [4.78, 5) is 21.3. The van der Waals surface area contributed by atoms with Crippen molar-refractivity contribution in [1.82, 2.24) is 15.3 Å². The molecule has 1 aliphatic carbocycles. The highest BCUT2D eigenvalue weighted by atomic mass is 16.7. The number of aryl methyl sites for hydroxylation is 2. The molecule has 0 bridgehead atoms. The lowest BCUT2D eigenvalue weighted by molar-refractivity contribution is 0.0932. The molecular formula is C17H17N3O3. The van der Waals surface area contributed by atoms with Gasteiger partial charge in [0.05, 0.1) is 6.04 Å².